The van der Waals surface area contributed by atoms with E-state index in [1.54, 1.807) is 12.5 Å². The van der Waals surface area contributed by atoms with Gasteiger partial charge in [-0.15, -0.1) is 0 Å². The summed E-state index contributed by atoms with van der Waals surface area (Å²) >= 11 is 0. The van der Waals surface area contributed by atoms with Crippen LogP contribution >= 0.6 is 0 Å². The van der Waals surface area contributed by atoms with Crippen molar-refractivity contribution in [2.75, 3.05) is 0 Å². The van der Waals surface area contributed by atoms with Gasteiger partial charge in [0, 0.05) is 24.4 Å². The van der Waals surface area contributed by atoms with E-state index in [4.69, 9.17) is 4.42 Å². The Morgan fingerprint density at radius 3 is 3.31 bits per heavy atom. The standard InChI is InChI=1S/C12H9N3O/c1-5-13-12-14-11-8-4-7-16-10(8)3-2-9(11)15(12)6-1/h1,4-7H,2-3H2. The molecule has 3 aromatic rings. The molecule has 4 heteroatoms. The number of rotatable bonds is 0. The molecule has 0 atom stereocenters. The molecule has 0 amide bonds. The van der Waals surface area contributed by atoms with Gasteiger partial charge in [-0.2, -0.15) is 0 Å². The van der Waals surface area contributed by atoms with Crippen LogP contribution in [0.25, 0.3) is 17.0 Å². The average molecular weight is 211 g/mol. The highest BCUT2D eigenvalue weighted by atomic mass is 16.3. The summed E-state index contributed by atoms with van der Waals surface area (Å²) in [6.45, 7) is 0. The summed E-state index contributed by atoms with van der Waals surface area (Å²) in [5, 5.41) is 0. The maximum Gasteiger partial charge on any atom is 0.234 e. The molecule has 1 aliphatic rings. The maximum absolute atomic E-state index is 5.44. The first-order chi connectivity index (χ1) is 7.93. The fraction of sp³-hybridized carbons (Fsp3) is 0.167. The molecule has 3 heterocycles. The molecule has 0 unspecified atom stereocenters. The van der Waals surface area contributed by atoms with Crippen molar-refractivity contribution in [2.45, 2.75) is 12.8 Å². The SMILES string of the molecule is c1cnc2nc3c(n2c1)CCc1occc1-3. The van der Waals surface area contributed by atoms with Crippen LogP contribution in [0.5, 0.6) is 0 Å². The molecule has 78 valence electrons. The number of hydrogen-bond donors (Lipinski definition) is 0. The van der Waals surface area contributed by atoms with Crippen molar-refractivity contribution in [3.63, 3.8) is 0 Å². The summed E-state index contributed by atoms with van der Waals surface area (Å²) < 4.78 is 7.50. The Morgan fingerprint density at radius 1 is 1.31 bits per heavy atom. The average Bonchev–Trinajstić information content (AvgIpc) is 2.92. The summed E-state index contributed by atoms with van der Waals surface area (Å²) in [6, 6.07) is 3.92. The predicted molar refractivity (Wildman–Crippen MR) is 58.1 cm³/mol. The molecule has 0 fully saturated rings. The monoisotopic (exact) mass is 211 g/mol. The van der Waals surface area contributed by atoms with E-state index in [2.05, 4.69) is 14.4 Å². The zero-order valence-electron chi connectivity index (χ0n) is 8.55. The minimum absolute atomic E-state index is 0.765. The van der Waals surface area contributed by atoms with Gasteiger partial charge in [0.05, 0.1) is 17.7 Å². The third-order valence-electron chi connectivity index (χ3n) is 3.09. The van der Waals surface area contributed by atoms with E-state index >= 15 is 0 Å². The van der Waals surface area contributed by atoms with Crippen molar-refractivity contribution in [3.05, 3.63) is 42.2 Å². The number of nitrogens with zero attached hydrogens (tertiary/aromatic N) is 3. The minimum Gasteiger partial charge on any atom is -0.469 e. The van der Waals surface area contributed by atoms with Crippen LogP contribution in [-0.4, -0.2) is 14.4 Å². The van der Waals surface area contributed by atoms with Gasteiger partial charge in [0.2, 0.25) is 5.78 Å². The number of hydrogen-bond acceptors (Lipinski definition) is 3. The van der Waals surface area contributed by atoms with Crippen LogP contribution in [0.3, 0.4) is 0 Å². The molecule has 3 aromatic heterocycles. The Hall–Kier alpha value is -2.10. The van der Waals surface area contributed by atoms with Crippen molar-refractivity contribution in [1.82, 2.24) is 14.4 Å². The van der Waals surface area contributed by atoms with Crippen molar-refractivity contribution >= 4 is 5.78 Å². The quantitative estimate of drug-likeness (QED) is 0.571. The minimum atomic E-state index is 0.765. The van der Waals surface area contributed by atoms with E-state index in [9.17, 15) is 0 Å². The lowest BCUT2D eigenvalue weighted by molar-refractivity contribution is 0.505. The van der Waals surface area contributed by atoms with Crippen LogP contribution in [0.4, 0.5) is 0 Å². The molecule has 4 nitrogen and oxygen atoms in total. The van der Waals surface area contributed by atoms with Crippen molar-refractivity contribution in [1.29, 1.82) is 0 Å². The summed E-state index contributed by atoms with van der Waals surface area (Å²) in [7, 11) is 0. The van der Waals surface area contributed by atoms with E-state index in [1.165, 1.54) is 5.69 Å². The van der Waals surface area contributed by atoms with Crippen molar-refractivity contribution in [3.8, 4) is 11.3 Å². The van der Waals surface area contributed by atoms with E-state index in [0.29, 0.717) is 0 Å². The second-order valence-corrected chi connectivity index (χ2v) is 3.95. The fourth-order valence-corrected chi connectivity index (χ4v) is 2.37. The van der Waals surface area contributed by atoms with Crippen LogP contribution in [0.1, 0.15) is 11.5 Å². The molecule has 0 radical (unpaired) electrons. The first kappa shape index (κ1) is 8.10. The Labute approximate surface area is 91.6 Å². The van der Waals surface area contributed by atoms with E-state index in [-0.39, 0.29) is 0 Å². The van der Waals surface area contributed by atoms with Gasteiger partial charge in [-0.05, 0) is 18.6 Å². The zero-order chi connectivity index (χ0) is 10.5. The Bertz CT molecular complexity index is 680. The molecule has 16 heavy (non-hydrogen) atoms. The highest BCUT2D eigenvalue weighted by Gasteiger charge is 2.23. The van der Waals surface area contributed by atoms with Crippen molar-refractivity contribution < 1.29 is 4.42 Å². The Morgan fingerprint density at radius 2 is 2.31 bits per heavy atom. The summed E-state index contributed by atoms with van der Waals surface area (Å²) in [5.74, 6) is 1.80. The van der Waals surface area contributed by atoms with E-state index < -0.39 is 0 Å². The number of aromatic nitrogens is 3. The van der Waals surface area contributed by atoms with Gasteiger partial charge in [-0.3, -0.25) is 4.40 Å². The van der Waals surface area contributed by atoms with Crippen LogP contribution in [0, 0.1) is 0 Å². The molecule has 0 N–H and O–H groups in total. The van der Waals surface area contributed by atoms with Gasteiger partial charge in [0.15, 0.2) is 0 Å². The third kappa shape index (κ3) is 0.888. The van der Waals surface area contributed by atoms with Crippen LogP contribution in [0.2, 0.25) is 0 Å². The molecule has 0 aliphatic heterocycles. The highest BCUT2D eigenvalue weighted by Crippen LogP contribution is 2.33. The molecular formula is C12H9N3O. The normalized spacial score (nSPS) is 13.8. The van der Waals surface area contributed by atoms with Crippen molar-refractivity contribution in [2.24, 2.45) is 0 Å². The molecule has 0 bridgehead atoms. The van der Waals surface area contributed by atoms with Crippen LogP contribution < -0.4 is 0 Å². The van der Waals surface area contributed by atoms with Crippen LogP contribution in [0.15, 0.2) is 35.2 Å². The van der Waals surface area contributed by atoms with Gasteiger partial charge >= 0.3 is 0 Å². The lowest BCUT2D eigenvalue weighted by Crippen LogP contribution is -2.03. The van der Waals surface area contributed by atoms with Crippen LogP contribution in [-0.2, 0) is 12.8 Å². The van der Waals surface area contributed by atoms with E-state index in [1.807, 2.05) is 18.3 Å². The summed E-state index contributed by atoms with van der Waals surface area (Å²) in [4.78, 5) is 8.82. The molecule has 4 rings (SSSR count). The summed E-state index contributed by atoms with van der Waals surface area (Å²) in [6.07, 6.45) is 7.42. The van der Waals surface area contributed by atoms with Gasteiger partial charge < -0.3 is 4.42 Å². The highest BCUT2D eigenvalue weighted by molar-refractivity contribution is 5.69. The fourth-order valence-electron chi connectivity index (χ4n) is 2.37. The first-order valence-corrected chi connectivity index (χ1v) is 5.32. The van der Waals surface area contributed by atoms with E-state index in [0.717, 1.165) is 35.6 Å². The second-order valence-electron chi connectivity index (χ2n) is 3.95. The van der Waals surface area contributed by atoms with Gasteiger partial charge in [-0.1, -0.05) is 0 Å². The second kappa shape index (κ2) is 2.72. The molecular weight excluding hydrogens is 202 g/mol. The smallest absolute Gasteiger partial charge is 0.234 e. The molecule has 0 aromatic carbocycles. The largest absolute Gasteiger partial charge is 0.469 e. The zero-order valence-corrected chi connectivity index (χ0v) is 8.55. The topological polar surface area (TPSA) is 43.3 Å². The predicted octanol–water partition coefficient (Wildman–Crippen LogP) is 2.09. The number of aryl methyl sites for hydroxylation is 2. The van der Waals surface area contributed by atoms with Gasteiger partial charge in [0.25, 0.3) is 0 Å². The lowest BCUT2D eigenvalue weighted by atomic mass is 9.99. The third-order valence-corrected chi connectivity index (χ3v) is 3.09. The molecule has 0 spiro atoms. The summed E-state index contributed by atoms with van der Waals surface area (Å²) in [5.41, 5.74) is 3.37. The first-order valence-electron chi connectivity index (χ1n) is 5.32. The number of furan rings is 1. The molecule has 0 saturated carbocycles. The molecule has 1 aliphatic carbocycles. The van der Waals surface area contributed by atoms with Gasteiger partial charge in [0.1, 0.15) is 5.76 Å². The molecule has 0 saturated heterocycles. The Balaban J connectivity index is 2.13. The van der Waals surface area contributed by atoms with Gasteiger partial charge in [-0.25, -0.2) is 9.97 Å². The Kier molecular flexibility index (Phi) is 1.38. The lowest BCUT2D eigenvalue weighted by Gasteiger charge is -2.09. The number of imidazole rings is 1. The maximum atomic E-state index is 5.44. The number of fused-ring (bicyclic) bond motifs is 5.